The van der Waals surface area contributed by atoms with Crippen molar-refractivity contribution in [3.8, 4) is 11.6 Å². The molecular formula is C19H18N2O6. The van der Waals surface area contributed by atoms with Crippen molar-refractivity contribution in [2.24, 2.45) is 0 Å². The lowest BCUT2D eigenvalue weighted by atomic mass is 10.1. The first-order chi connectivity index (χ1) is 13.1. The average molecular weight is 370 g/mol. The Bertz CT molecular complexity index is 866. The molecule has 1 aromatic heterocycles. The van der Waals surface area contributed by atoms with Crippen LogP contribution in [0.25, 0.3) is 0 Å². The molecule has 0 saturated carbocycles. The van der Waals surface area contributed by atoms with Crippen molar-refractivity contribution in [1.29, 1.82) is 0 Å². The number of pyridine rings is 1. The molecule has 3 rings (SSSR count). The molecule has 0 spiro atoms. The van der Waals surface area contributed by atoms with Gasteiger partial charge in [0.2, 0.25) is 5.88 Å². The minimum absolute atomic E-state index is 0.0439. The standard InChI is InChI=1S/C19H18N2O6/c1-24-18(22)15-11-26-12-21(17(15)19(23)25-2)13-6-5-7-14(10-13)27-16-8-3-4-9-20-16/h3-10H,11-12H2,1-2H3. The highest BCUT2D eigenvalue weighted by Crippen LogP contribution is 2.30. The Balaban J connectivity index is 1.97. The second-order valence-corrected chi connectivity index (χ2v) is 5.48. The number of aromatic nitrogens is 1. The number of rotatable bonds is 5. The van der Waals surface area contributed by atoms with Crippen molar-refractivity contribution < 1.29 is 28.5 Å². The minimum atomic E-state index is -0.658. The number of esters is 2. The maximum Gasteiger partial charge on any atom is 0.355 e. The molecule has 0 saturated heterocycles. The van der Waals surface area contributed by atoms with Crippen LogP contribution in [0, 0.1) is 0 Å². The van der Waals surface area contributed by atoms with Crippen LogP contribution in [-0.2, 0) is 23.8 Å². The van der Waals surface area contributed by atoms with E-state index in [1.54, 1.807) is 42.6 Å². The maximum atomic E-state index is 12.3. The van der Waals surface area contributed by atoms with E-state index in [0.29, 0.717) is 17.3 Å². The van der Waals surface area contributed by atoms with E-state index in [2.05, 4.69) is 4.98 Å². The van der Waals surface area contributed by atoms with Crippen LogP contribution in [0.3, 0.4) is 0 Å². The molecule has 8 nitrogen and oxygen atoms in total. The number of anilines is 1. The number of nitrogens with zero attached hydrogens (tertiary/aromatic N) is 2. The van der Waals surface area contributed by atoms with Crippen LogP contribution in [0.2, 0.25) is 0 Å². The molecule has 0 radical (unpaired) electrons. The topological polar surface area (TPSA) is 87.2 Å². The van der Waals surface area contributed by atoms with Gasteiger partial charge in [0, 0.05) is 24.0 Å². The average Bonchev–Trinajstić information content (AvgIpc) is 2.73. The Hall–Kier alpha value is -3.39. The molecule has 1 aromatic carbocycles. The fourth-order valence-electron chi connectivity index (χ4n) is 2.59. The molecule has 2 aromatic rings. The minimum Gasteiger partial charge on any atom is -0.466 e. The van der Waals surface area contributed by atoms with Gasteiger partial charge in [0.1, 0.15) is 18.2 Å². The zero-order chi connectivity index (χ0) is 19.2. The van der Waals surface area contributed by atoms with E-state index in [1.165, 1.54) is 19.1 Å². The van der Waals surface area contributed by atoms with E-state index in [0.717, 1.165) is 0 Å². The molecule has 1 aliphatic heterocycles. The van der Waals surface area contributed by atoms with Crippen molar-refractivity contribution in [2.45, 2.75) is 0 Å². The third-order valence-electron chi connectivity index (χ3n) is 3.82. The summed E-state index contributed by atoms with van der Waals surface area (Å²) in [5.41, 5.74) is 0.752. The first-order valence-electron chi connectivity index (χ1n) is 8.08. The summed E-state index contributed by atoms with van der Waals surface area (Å²) in [6.07, 6.45) is 1.62. The summed E-state index contributed by atoms with van der Waals surface area (Å²) in [5, 5.41) is 0. The molecule has 0 aliphatic carbocycles. The van der Waals surface area contributed by atoms with Gasteiger partial charge < -0.3 is 23.8 Å². The van der Waals surface area contributed by atoms with Crippen LogP contribution in [0.5, 0.6) is 11.6 Å². The molecule has 0 bridgehead atoms. The molecule has 0 amide bonds. The Labute approximate surface area is 155 Å². The van der Waals surface area contributed by atoms with E-state index in [9.17, 15) is 9.59 Å². The fourth-order valence-corrected chi connectivity index (χ4v) is 2.59. The Morgan fingerprint density at radius 1 is 1.07 bits per heavy atom. The zero-order valence-corrected chi connectivity index (χ0v) is 14.9. The van der Waals surface area contributed by atoms with Crippen LogP contribution in [0.1, 0.15) is 0 Å². The molecule has 1 aliphatic rings. The van der Waals surface area contributed by atoms with Crippen molar-refractivity contribution in [3.05, 3.63) is 59.9 Å². The van der Waals surface area contributed by atoms with E-state index >= 15 is 0 Å². The summed E-state index contributed by atoms with van der Waals surface area (Å²) in [5.74, 6) is -0.361. The second-order valence-electron chi connectivity index (χ2n) is 5.48. The molecule has 8 heteroatoms. The molecule has 0 atom stereocenters. The fraction of sp³-hybridized carbons (Fsp3) is 0.211. The zero-order valence-electron chi connectivity index (χ0n) is 14.9. The van der Waals surface area contributed by atoms with Crippen LogP contribution in [-0.4, -0.2) is 44.5 Å². The smallest absolute Gasteiger partial charge is 0.355 e. The lowest BCUT2D eigenvalue weighted by molar-refractivity contribution is -0.140. The number of methoxy groups -OCH3 is 2. The van der Waals surface area contributed by atoms with Gasteiger partial charge in [-0.2, -0.15) is 0 Å². The van der Waals surface area contributed by atoms with Crippen LogP contribution >= 0.6 is 0 Å². The molecule has 0 fully saturated rings. The van der Waals surface area contributed by atoms with Gasteiger partial charge in [0.05, 0.1) is 26.4 Å². The van der Waals surface area contributed by atoms with Crippen LogP contribution in [0.15, 0.2) is 59.9 Å². The van der Waals surface area contributed by atoms with Gasteiger partial charge in [-0.15, -0.1) is 0 Å². The molecule has 2 heterocycles. The van der Waals surface area contributed by atoms with Gasteiger partial charge in [-0.3, -0.25) is 0 Å². The lowest BCUT2D eigenvalue weighted by Crippen LogP contribution is -2.38. The second kappa shape index (κ2) is 8.33. The van der Waals surface area contributed by atoms with E-state index in [4.69, 9.17) is 18.9 Å². The number of carbonyl (C=O) groups excluding carboxylic acids is 2. The first-order valence-corrected chi connectivity index (χ1v) is 8.08. The first kappa shape index (κ1) is 18.4. The summed E-state index contributed by atoms with van der Waals surface area (Å²) >= 11 is 0. The molecule has 27 heavy (non-hydrogen) atoms. The third kappa shape index (κ3) is 4.06. The molecular weight excluding hydrogens is 352 g/mol. The summed E-state index contributed by atoms with van der Waals surface area (Å²) in [4.78, 5) is 30.0. The predicted octanol–water partition coefficient (Wildman–Crippen LogP) is 2.27. The maximum absolute atomic E-state index is 12.3. The summed E-state index contributed by atoms with van der Waals surface area (Å²) < 4.78 is 20.8. The van der Waals surface area contributed by atoms with Crippen molar-refractivity contribution in [1.82, 2.24) is 4.98 Å². The summed E-state index contributed by atoms with van der Waals surface area (Å²) in [6.45, 7) is 0.0235. The third-order valence-corrected chi connectivity index (χ3v) is 3.82. The predicted molar refractivity (Wildman–Crippen MR) is 95.1 cm³/mol. The number of carbonyl (C=O) groups is 2. The molecule has 0 unspecified atom stereocenters. The monoisotopic (exact) mass is 370 g/mol. The summed E-state index contributed by atoms with van der Waals surface area (Å²) in [6, 6.07) is 12.3. The molecule has 0 N–H and O–H groups in total. The van der Waals surface area contributed by atoms with Crippen LogP contribution < -0.4 is 9.64 Å². The van der Waals surface area contributed by atoms with Gasteiger partial charge >= 0.3 is 11.9 Å². The highest BCUT2D eigenvalue weighted by atomic mass is 16.5. The van der Waals surface area contributed by atoms with E-state index in [-0.39, 0.29) is 24.6 Å². The number of benzene rings is 1. The quantitative estimate of drug-likeness (QED) is 0.741. The number of hydrogen-bond acceptors (Lipinski definition) is 8. The highest BCUT2D eigenvalue weighted by molar-refractivity contribution is 6.03. The van der Waals surface area contributed by atoms with Crippen LogP contribution in [0.4, 0.5) is 5.69 Å². The lowest BCUT2D eigenvalue weighted by Gasteiger charge is -2.31. The Morgan fingerprint density at radius 3 is 2.59 bits per heavy atom. The van der Waals surface area contributed by atoms with E-state index < -0.39 is 11.9 Å². The van der Waals surface area contributed by atoms with Crippen molar-refractivity contribution >= 4 is 17.6 Å². The Kier molecular flexibility index (Phi) is 5.68. The number of hydrogen-bond donors (Lipinski definition) is 0. The SMILES string of the molecule is COC(=O)C1=C(C(=O)OC)N(c2cccc(Oc3ccccn3)c2)COC1. The van der Waals surface area contributed by atoms with Crippen molar-refractivity contribution in [2.75, 3.05) is 32.5 Å². The van der Waals surface area contributed by atoms with Crippen molar-refractivity contribution in [3.63, 3.8) is 0 Å². The molecule has 140 valence electrons. The summed E-state index contributed by atoms with van der Waals surface area (Å²) in [7, 11) is 2.49. The van der Waals surface area contributed by atoms with Gasteiger partial charge in [-0.1, -0.05) is 12.1 Å². The normalized spacial score (nSPS) is 13.9. The van der Waals surface area contributed by atoms with E-state index in [1.807, 2.05) is 6.07 Å². The van der Waals surface area contributed by atoms with Gasteiger partial charge in [0.15, 0.2) is 0 Å². The highest BCUT2D eigenvalue weighted by Gasteiger charge is 2.32. The number of ether oxygens (including phenoxy) is 4. The van der Waals surface area contributed by atoms with Gasteiger partial charge in [0.25, 0.3) is 0 Å². The Morgan fingerprint density at radius 2 is 1.89 bits per heavy atom. The van der Waals surface area contributed by atoms with Gasteiger partial charge in [-0.05, 0) is 18.2 Å². The van der Waals surface area contributed by atoms with Gasteiger partial charge in [-0.25, -0.2) is 14.6 Å². The largest absolute Gasteiger partial charge is 0.466 e.